The fourth-order valence-electron chi connectivity index (χ4n) is 3.14. The van der Waals surface area contributed by atoms with Crippen LogP contribution in [-0.4, -0.2) is 62.0 Å². The smallest absolute Gasteiger partial charge is 0.236 e. The fourth-order valence-corrected chi connectivity index (χ4v) is 3.14. The highest BCUT2D eigenvalue weighted by Crippen LogP contribution is 2.29. The van der Waals surface area contributed by atoms with Crippen LogP contribution >= 0.6 is 0 Å². The maximum atomic E-state index is 11.8. The van der Waals surface area contributed by atoms with E-state index >= 15 is 0 Å². The number of hydrogen-bond acceptors (Lipinski definition) is 3. The van der Waals surface area contributed by atoms with E-state index in [1.54, 1.807) is 0 Å². The molecule has 0 bridgehead atoms. The van der Waals surface area contributed by atoms with Crippen LogP contribution in [0.5, 0.6) is 0 Å². The summed E-state index contributed by atoms with van der Waals surface area (Å²) in [5, 5.41) is 2.94. The maximum Gasteiger partial charge on any atom is 0.236 e. The average Bonchev–Trinajstić information content (AvgIpc) is 2.29. The van der Waals surface area contributed by atoms with E-state index in [4.69, 9.17) is 0 Å². The second-order valence-corrected chi connectivity index (χ2v) is 5.11. The Kier molecular flexibility index (Phi) is 3.82. The highest BCUT2D eigenvalue weighted by molar-refractivity contribution is 5.78. The van der Waals surface area contributed by atoms with Gasteiger partial charge in [-0.05, 0) is 45.8 Å². The van der Waals surface area contributed by atoms with Crippen LogP contribution in [0.2, 0.25) is 0 Å². The Morgan fingerprint density at radius 3 is 2.94 bits per heavy atom. The van der Waals surface area contributed by atoms with Crippen molar-refractivity contribution in [2.45, 2.75) is 25.3 Å². The predicted octanol–water partition coefficient (Wildman–Crippen LogP) is 0.149. The molecular weight excluding hydrogens is 202 g/mol. The van der Waals surface area contributed by atoms with Crippen LogP contribution in [0.15, 0.2) is 0 Å². The molecule has 92 valence electrons. The summed E-state index contributed by atoms with van der Waals surface area (Å²) < 4.78 is 0. The number of likely N-dealkylation sites (tertiary alicyclic amines) is 2. The van der Waals surface area contributed by atoms with Gasteiger partial charge >= 0.3 is 0 Å². The zero-order chi connectivity index (χ0) is 11.5. The van der Waals surface area contributed by atoms with Gasteiger partial charge in [0.25, 0.3) is 0 Å². The van der Waals surface area contributed by atoms with Gasteiger partial charge in [0.05, 0.1) is 6.54 Å². The van der Waals surface area contributed by atoms with Crippen molar-refractivity contribution in [3.63, 3.8) is 0 Å². The van der Waals surface area contributed by atoms with E-state index in [1.807, 2.05) is 11.9 Å². The van der Waals surface area contributed by atoms with Crippen molar-refractivity contribution in [3.8, 4) is 0 Å². The zero-order valence-corrected chi connectivity index (χ0v) is 10.4. The zero-order valence-electron chi connectivity index (χ0n) is 10.4. The highest BCUT2D eigenvalue weighted by Gasteiger charge is 2.35. The summed E-state index contributed by atoms with van der Waals surface area (Å²) in [7, 11) is 4.06. The molecule has 0 aliphatic carbocycles. The van der Waals surface area contributed by atoms with Crippen molar-refractivity contribution in [2.75, 3.05) is 40.3 Å². The van der Waals surface area contributed by atoms with E-state index < -0.39 is 0 Å². The van der Waals surface area contributed by atoms with Gasteiger partial charge in [-0.2, -0.15) is 0 Å². The topological polar surface area (TPSA) is 35.6 Å². The normalized spacial score (nSPS) is 31.2. The average molecular weight is 225 g/mol. The van der Waals surface area contributed by atoms with E-state index in [2.05, 4.69) is 17.3 Å². The van der Waals surface area contributed by atoms with Gasteiger partial charge < -0.3 is 15.1 Å². The van der Waals surface area contributed by atoms with Crippen LogP contribution in [0.3, 0.4) is 0 Å². The van der Waals surface area contributed by atoms with E-state index in [9.17, 15) is 4.79 Å². The van der Waals surface area contributed by atoms with Gasteiger partial charge in [-0.15, -0.1) is 0 Å². The van der Waals surface area contributed by atoms with Crippen LogP contribution in [0, 0.1) is 5.92 Å². The van der Waals surface area contributed by atoms with E-state index in [1.165, 1.54) is 19.4 Å². The second kappa shape index (κ2) is 5.15. The molecule has 0 aromatic rings. The molecule has 4 nitrogen and oxygen atoms in total. The number of fused-ring (bicyclic) bond motifs is 1. The summed E-state index contributed by atoms with van der Waals surface area (Å²) >= 11 is 0. The summed E-state index contributed by atoms with van der Waals surface area (Å²) in [4.78, 5) is 16.3. The summed E-state index contributed by atoms with van der Waals surface area (Å²) in [6.07, 6.45) is 3.72. The van der Waals surface area contributed by atoms with Crippen LogP contribution < -0.4 is 5.32 Å². The molecular formula is C12H23N3O. The van der Waals surface area contributed by atoms with Crippen molar-refractivity contribution in [1.29, 1.82) is 0 Å². The Balaban J connectivity index is 1.92. The van der Waals surface area contributed by atoms with Crippen molar-refractivity contribution in [2.24, 2.45) is 5.92 Å². The third-order valence-corrected chi connectivity index (χ3v) is 4.03. The third-order valence-electron chi connectivity index (χ3n) is 4.03. The second-order valence-electron chi connectivity index (χ2n) is 5.11. The Morgan fingerprint density at radius 2 is 2.19 bits per heavy atom. The number of rotatable bonds is 2. The van der Waals surface area contributed by atoms with Gasteiger partial charge in [0.2, 0.25) is 5.91 Å². The molecule has 1 N–H and O–H groups in total. The van der Waals surface area contributed by atoms with Gasteiger partial charge in [-0.3, -0.25) is 4.79 Å². The Hall–Kier alpha value is -0.610. The highest BCUT2D eigenvalue weighted by atomic mass is 16.2. The molecule has 0 aromatic heterocycles. The first-order chi connectivity index (χ1) is 7.72. The summed E-state index contributed by atoms with van der Waals surface area (Å²) in [5.74, 6) is 0.961. The standard InChI is InChI=1S/C12H23N3O/c1-13-8-12(16)15-7-5-11-10(9-15)4-3-6-14(11)2/h10-11,13H,3-9H2,1-2H3. The summed E-state index contributed by atoms with van der Waals surface area (Å²) in [6, 6.07) is 0.715. The molecule has 2 fully saturated rings. The number of amides is 1. The number of carbonyl (C=O) groups excluding carboxylic acids is 1. The molecule has 2 saturated heterocycles. The minimum absolute atomic E-state index is 0.258. The number of carbonyl (C=O) groups is 1. The molecule has 2 aliphatic rings. The first-order valence-electron chi connectivity index (χ1n) is 6.35. The molecule has 2 rings (SSSR count). The van der Waals surface area contributed by atoms with E-state index in [0.29, 0.717) is 18.5 Å². The van der Waals surface area contributed by atoms with E-state index in [-0.39, 0.29) is 5.91 Å². The van der Waals surface area contributed by atoms with Crippen molar-refractivity contribution >= 4 is 5.91 Å². The minimum Gasteiger partial charge on any atom is -0.341 e. The first-order valence-corrected chi connectivity index (χ1v) is 6.35. The van der Waals surface area contributed by atoms with Crippen molar-refractivity contribution in [3.05, 3.63) is 0 Å². The van der Waals surface area contributed by atoms with Gasteiger partial charge in [-0.25, -0.2) is 0 Å². The van der Waals surface area contributed by atoms with Crippen molar-refractivity contribution < 1.29 is 4.79 Å². The molecule has 0 aromatic carbocycles. The number of hydrogen-bond donors (Lipinski definition) is 1. The maximum absolute atomic E-state index is 11.8. The molecule has 4 heteroatoms. The van der Waals surface area contributed by atoms with Gasteiger partial charge in [-0.1, -0.05) is 0 Å². The van der Waals surface area contributed by atoms with E-state index in [0.717, 1.165) is 19.5 Å². The lowest BCUT2D eigenvalue weighted by Gasteiger charge is -2.46. The SMILES string of the molecule is CNCC(=O)N1CCC2C(CCCN2C)C1. The lowest BCUT2D eigenvalue weighted by atomic mass is 9.84. The molecule has 16 heavy (non-hydrogen) atoms. The number of piperidine rings is 2. The van der Waals surface area contributed by atoms with Crippen LogP contribution in [-0.2, 0) is 4.79 Å². The number of nitrogens with one attached hydrogen (secondary N) is 1. The molecule has 1 amide bonds. The third kappa shape index (κ3) is 2.38. The lowest BCUT2D eigenvalue weighted by molar-refractivity contribution is -0.133. The summed E-state index contributed by atoms with van der Waals surface area (Å²) in [6.45, 7) is 3.61. The first kappa shape index (κ1) is 11.9. The van der Waals surface area contributed by atoms with Crippen LogP contribution in [0.1, 0.15) is 19.3 Å². The molecule has 2 atom stereocenters. The lowest BCUT2D eigenvalue weighted by Crippen LogP contribution is -2.54. The number of likely N-dealkylation sites (N-methyl/N-ethyl adjacent to an activating group) is 1. The Bertz CT molecular complexity index is 257. The largest absolute Gasteiger partial charge is 0.341 e. The Labute approximate surface area is 98.0 Å². The molecule has 2 aliphatic heterocycles. The fraction of sp³-hybridized carbons (Fsp3) is 0.917. The van der Waals surface area contributed by atoms with Gasteiger partial charge in [0.1, 0.15) is 0 Å². The predicted molar refractivity (Wildman–Crippen MR) is 64.3 cm³/mol. The van der Waals surface area contributed by atoms with Gasteiger partial charge in [0.15, 0.2) is 0 Å². The molecule has 2 heterocycles. The molecule has 2 unspecified atom stereocenters. The quantitative estimate of drug-likeness (QED) is 0.726. The molecule has 0 spiro atoms. The summed E-state index contributed by atoms with van der Waals surface area (Å²) in [5.41, 5.74) is 0. The van der Waals surface area contributed by atoms with Gasteiger partial charge in [0, 0.05) is 19.1 Å². The van der Waals surface area contributed by atoms with Crippen molar-refractivity contribution in [1.82, 2.24) is 15.1 Å². The van der Waals surface area contributed by atoms with Crippen LogP contribution in [0.25, 0.3) is 0 Å². The van der Waals surface area contributed by atoms with Crippen LogP contribution in [0.4, 0.5) is 0 Å². The molecule has 0 radical (unpaired) electrons. The molecule has 0 saturated carbocycles. The number of nitrogens with zero attached hydrogens (tertiary/aromatic N) is 2. The monoisotopic (exact) mass is 225 g/mol. The minimum atomic E-state index is 0.258. The Morgan fingerprint density at radius 1 is 1.38 bits per heavy atom.